The molecule has 3 aromatic rings. The first kappa shape index (κ1) is 21.6. The van der Waals surface area contributed by atoms with Gasteiger partial charge < -0.3 is 9.84 Å². The standard InChI is InChI=1S/C26H26BrNO3/c27-23-12-8-20(9-13-23)25(28-16-4-7-22(17-28)26(29)30)21-10-14-24(15-11-21)31-18-19-5-2-1-3-6-19/h1-3,5-6,8-15,22,25H,4,7,16-18H2,(H,29,30). The van der Waals surface area contributed by atoms with Gasteiger partial charge in [-0.2, -0.15) is 0 Å². The molecule has 1 heterocycles. The van der Waals surface area contributed by atoms with Crippen LogP contribution in [-0.2, 0) is 11.4 Å². The van der Waals surface area contributed by atoms with Crippen molar-refractivity contribution in [3.05, 3.63) is 100 Å². The monoisotopic (exact) mass is 479 g/mol. The van der Waals surface area contributed by atoms with Crippen molar-refractivity contribution in [1.29, 1.82) is 0 Å². The Labute approximate surface area is 191 Å². The third kappa shape index (κ3) is 5.54. The first-order chi connectivity index (χ1) is 15.1. The Morgan fingerprint density at radius 3 is 2.29 bits per heavy atom. The molecule has 1 aliphatic heterocycles. The molecule has 2 atom stereocenters. The smallest absolute Gasteiger partial charge is 0.307 e. The molecule has 0 bridgehead atoms. The van der Waals surface area contributed by atoms with E-state index >= 15 is 0 Å². The number of ether oxygens (including phenoxy) is 1. The van der Waals surface area contributed by atoms with Gasteiger partial charge in [-0.25, -0.2) is 0 Å². The van der Waals surface area contributed by atoms with E-state index in [2.05, 4.69) is 45.1 Å². The first-order valence-corrected chi connectivity index (χ1v) is 11.4. The van der Waals surface area contributed by atoms with Crippen LogP contribution in [0.25, 0.3) is 0 Å². The molecule has 0 aliphatic carbocycles. The molecule has 31 heavy (non-hydrogen) atoms. The van der Waals surface area contributed by atoms with Gasteiger partial charge in [0.05, 0.1) is 12.0 Å². The number of carboxylic acid groups (broad SMARTS) is 1. The molecule has 0 amide bonds. The lowest BCUT2D eigenvalue weighted by Gasteiger charge is -2.37. The van der Waals surface area contributed by atoms with Gasteiger partial charge in [-0.1, -0.05) is 70.5 Å². The molecular formula is C26H26BrNO3. The van der Waals surface area contributed by atoms with Crippen molar-refractivity contribution in [2.24, 2.45) is 5.92 Å². The Kier molecular flexibility index (Phi) is 7.05. The summed E-state index contributed by atoms with van der Waals surface area (Å²) in [7, 11) is 0. The fraction of sp³-hybridized carbons (Fsp3) is 0.269. The van der Waals surface area contributed by atoms with Crippen molar-refractivity contribution in [3.63, 3.8) is 0 Å². The molecule has 1 saturated heterocycles. The van der Waals surface area contributed by atoms with Gasteiger partial charge >= 0.3 is 5.97 Å². The second-order valence-corrected chi connectivity index (χ2v) is 8.89. The third-order valence-electron chi connectivity index (χ3n) is 5.80. The second-order valence-electron chi connectivity index (χ2n) is 7.97. The van der Waals surface area contributed by atoms with Gasteiger partial charge in [-0.05, 0) is 60.3 Å². The minimum atomic E-state index is -0.705. The number of likely N-dealkylation sites (tertiary alicyclic amines) is 1. The molecule has 4 nitrogen and oxygen atoms in total. The lowest BCUT2D eigenvalue weighted by atomic mass is 9.91. The fourth-order valence-corrected chi connectivity index (χ4v) is 4.45. The maximum absolute atomic E-state index is 11.6. The van der Waals surface area contributed by atoms with Crippen LogP contribution in [0.1, 0.15) is 35.6 Å². The number of carbonyl (C=O) groups is 1. The summed E-state index contributed by atoms with van der Waals surface area (Å²) in [5, 5.41) is 9.56. The summed E-state index contributed by atoms with van der Waals surface area (Å²) in [6.07, 6.45) is 1.63. The summed E-state index contributed by atoms with van der Waals surface area (Å²) in [6.45, 7) is 1.97. The average molecular weight is 480 g/mol. The summed E-state index contributed by atoms with van der Waals surface area (Å²) in [5.41, 5.74) is 3.43. The van der Waals surface area contributed by atoms with E-state index in [1.165, 1.54) is 0 Å². The summed E-state index contributed by atoms with van der Waals surface area (Å²) >= 11 is 3.51. The van der Waals surface area contributed by atoms with Crippen LogP contribution in [0.5, 0.6) is 5.75 Å². The van der Waals surface area contributed by atoms with Gasteiger partial charge in [0.1, 0.15) is 12.4 Å². The molecule has 0 aromatic heterocycles. The summed E-state index contributed by atoms with van der Waals surface area (Å²) < 4.78 is 6.97. The van der Waals surface area contributed by atoms with Gasteiger partial charge in [-0.3, -0.25) is 9.69 Å². The first-order valence-electron chi connectivity index (χ1n) is 10.6. The molecule has 1 aliphatic rings. The van der Waals surface area contributed by atoms with Crippen LogP contribution in [0.3, 0.4) is 0 Å². The van der Waals surface area contributed by atoms with E-state index in [4.69, 9.17) is 4.74 Å². The van der Waals surface area contributed by atoms with Gasteiger partial charge in [0.2, 0.25) is 0 Å². The van der Waals surface area contributed by atoms with Crippen molar-refractivity contribution in [2.75, 3.05) is 13.1 Å². The van der Waals surface area contributed by atoms with Gasteiger partial charge in [0.25, 0.3) is 0 Å². The molecular weight excluding hydrogens is 454 g/mol. The summed E-state index contributed by atoms with van der Waals surface area (Å²) in [6, 6.07) is 26.6. The number of piperidine rings is 1. The predicted molar refractivity (Wildman–Crippen MR) is 125 cm³/mol. The van der Waals surface area contributed by atoms with Crippen LogP contribution < -0.4 is 4.74 Å². The van der Waals surface area contributed by atoms with Crippen LogP contribution >= 0.6 is 15.9 Å². The van der Waals surface area contributed by atoms with Crippen molar-refractivity contribution < 1.29 is 14.6 Å². The highest BCUT2D eigenvalue weighted by molar-refractivity contribution is 9.10. The molecule has 4 rings (SSSR count). The summed E-state index contributed by atoms with van der Waals surface area (Å²) in [4.78, 5) is 13.9. The number of rotatable bonds is 7. The topological polar surface area (TPSA) is 49.8 Å². The third-order valence-corrected chi connectivity index (χ3v) is 6.33. The molecule has 2 unspecified atom stereocenters. The van der Waals surface area contributed by atoms with Crippen LogP contribution in [0.2, 0.25) is 0 Å². The van der Waals surface area contributed by atoms with Crippen molar-refractivity contribution in [1.82, 2.24) is 4.90 Å². The van der Waals surface area contributed by atoms with Crippen molar-refractivity contribution in [2.45, 2.75) is 25.5 Å². The van der Waals surface area contributed by atoms with Gasteiger partial charge in [-0.15, -0.1) is 0 Å². The average Bonchev–Trinajstić information content (AvgIpc) is 2.81. The van der Waals surface area contributed by atoms with E-state index < -0.39 is 5.97 Å². The zero-order valence-corrected chi connectivity index (χ0v) is 18.9. The number of nitrogens with zero attached hydrogens (tertiary/aromatic N) is 1. The van der Waals surface area contributed by atoms with Crippen molar-refractivity contribution >= 4 is 21.9 Å². The minimum Gasteiger partial charge on any atom is -0.489 e. The quantitative estimate of drug-likeness (QED) is 0.457. The van der Waals surface area contributed by atoms with Crippen LogP contribution in [0.4, 0.5) is 0 Å². The van der Waals surface area contributed by atoms with E-state index in [0.717, 1.165) is 46.3 Å². The Hall–Kier alpha value is -2.63. The number of carboxylic acids is 1. The molecule has 5 heteroatoms. The molecule has 3 aromatic carbocycles. The highest BCUT2D eigenvalue weighted by Gasteiger charge is 2.31. The number of aliphatic carboxylic acids is 1. The largest absolute Gasteiger partial charge is 0.489 e. The number of hydrogen-bond acceptors (Lipinski definition) is 3. The molecule has 0 radical (unpaired) electrons. The molecule has 0 spiro atoms. The van der Waals surface area contributed by atoms with Crippen LogP contribution in [-0.4, -0.2) is 29.1 Å². The zero-order valence-electron chi connectivity index (χ0n) is 17.3. The lowest BCUT2D eigenvalue weighted by Crippen LogP contribution is -2.41. The van der Waals surface area contributed by atoms with Crippen LogP contribution in [0, 0.1) is 5.92 Å². The van der Waals surface area contributed by atoms with E-state index in [0.29, 0.717) is 13.2 Å². The Morgan fingerprint density at radius 2 is 1.65 bits per heavy atom. The maximum Gasteiger partial charge on any atom is 0.307 e. The number of halogens is 1. The Morgan fingerprint density at radius 1 is 1.00 bits per heavy atom. The minimum absolute atomic E-state index is 0.0124. The summed E-state index contributed by atoms with van der Waals surface area (Å²) in [5.74, 6) is -0.201. The number of hydrogen-bond donors (Lipinski definition) is 1. The molecule has 160 valence electrons. The molecule has 1 N–H and O–H groups in total. The highest BCUT2D eigenvalue weighted by Crippen LogP contribution is 2.34. The normalized spacial score (nSPS) is 17.8. The van der Waals surface area contributed by atoms with E-state index in [-0.39, 0.29) is 12.0 Å². The number of benzene rings is 3. The maximum atomic E-state index is 11.6. The van der Waals surface area contributed by atoms with Crippen molar-refractivity contribution in [3.8, 4) is 5.75 Å². The van der Waals surface area contributed by atoms with Crippen LogP contribution in [0.15, 0.2) is 83.3 Å². The van der Waals surface area contributed by atoms with Gasteiger partial charge in [0.15, 0.2) is 0 Å². The lowest BCUT2D eigenvalue weighted by molar-refractivity contribution is -0.143. The van der Waals surface area contributed by atoms with E-state index in [1.807, 2.05) is 54.6 Å². The fourth-order valence-electron chi connectivity index (χ4n) is 4.19. The SMILES string of the molecule is O=C(O)C1CCCN(C(c2ccc(Br)cc2)c2ccc(OCc3ccccc3)cc2)C1. The van der Waals surface area contributed by atoms with Gasteiger partial charge in [0, 0.05) is 11.0 Å². The predicted octanol–water partition coefficient (Wildman–Crippen LogP) is 5.91. The Bertz CT molecular complexity index is 989. The Balaban J connectivity index is 1.56. The van der Waals surface area contributed by atoms with E-state index in [1.54, 1.807) is 0 Å². The highest BCUT2D eigenvalue weighted by atomic mass is 79.9. The molecule has 0 saturated carbocycles. The molecule has 1 fully saturated rings. The second kappa shape index (κ2) is 10.1. The zero-order chi connectivity index (χ0) is 21.6. The van der Waals surface area contributed by atoms with E-state index in [9.17, 15) is 9.90 Å².